The van der Waals surface area contributed by atoms with Crippen molar-refractivity contribution >= 4 is 33.3 Å². The molecule has 18 heavy (non-hydrogen) atoms. The number of halogens is 2. The first-order valence-corrected chi connectivity index (χ1v) is 6.74. The largest absolute Gasteiger partial charge is 0.288 e. The zero-order valence-electron chi connectivity index (χ0n) is 9.78. The molecule has 0 saturated carbocycles. The number of pyridine rings is 1. The zero-order chi connectivity index (χ0) is 13.1. The van der Waals surface area contributed by atoms with Crippen LogP contribution in [0.25, 0.3) is 0 Å². The Morgan fingerprint density at radius 3 is 2.67 bits per heavy atom. The molecule has 0 aliphatic heterocycles. The second-order valence-electron chi connectivity index (χ2n) is 3.82. The number of hydrogen-bond donors (Lipinski definition) is 0. The van der Waals surface area contributed by atoms with Gasteiger partial charge in [-0.05, 0) is 40.5 Å². The molecule has 0 saturated heterocycles. The van der Waals surface area contributed by atoms with Gasteiger partial charge in [0.05, 0.1) is 10.6 Å². The molecule has 0 spiro atoms. The molecule has 2 nitrogen and oxygen atoms in total. The van der Waals surface area contributed by atoms with Gasteiger partial charge in [0, 0.05) is 21.9 Å². The van der Waals surface area contributed by atoms with Crippen LogP contribution in [-0.2, 0) is 6.42 Å². The molecule has 92 valence electrons. The number of carbonyl (C=O) groups is 1. The third-order valence-corrected chi connectivity index (χ3v) is 3.62. The van der Waals surface area contributed by atoms with Crippen LogP contribution in [0.15, 0.2) is 41.0 Å². The average Bonchev–Trinajstić information content (AvgIpc) is 2.38. The molecule has 0 aliphatic rings. The van der Waals surface area contributed by atoms with E-state index in [1.54, 1.807) is 30.5 Å². The Morgan fingerprint density at radius 2 is 2.06 bits per heavy atom. The van der Waals surface area contributed by atoms with Crippen LogP contribution in [0.5, 0.6) is 0 Å². The molecule has 0 N–H and O–H groups in total. The van der Waals surface area contributed by atoms with E-state index in [1.165, 1.54) is 0 Å². The summed E-state index contributed by atoms with van der Waals surface area (Å²) in [6.07, 6.45) is 2.42. The lowest BCUT2D eigenvalue weighted by atomic mass is 10.0. The van der Waals surface area contributed by atoms with E-state index in [0.29, 0.717) is 16.1 Å². The van der Waals surface area contributed by atoms with E-state index in [9.17, 15) is 4.79 Å². The normalized spacial score (nSPS) is 10.4. The van der Waals surface area contributed by atoms with Crippen molar-refractivity contribution in [2.45, 2.75) is 13.3 Å². The third-order valence-electron chi connectivity index (χ3n) is 2.64. The SMILES string of the molecule is CCc1cc(Br)c(C(=O)c2ccccc2Cl)cn1. The lowest BCUT2D eigenvalue weighted by Crippen LogP contribution is -2.04. The topological polar surface area (TPSA) is 30.0 Å². The Hall–Kier alpha value is -1.19. The van der Waals surface area contributed by atoms with Gasteiger partial charge in [-0.2, -0.15) is 0 Å². The summed E-state index contributed by atoms with van der Waals surface area (Å²) in [4.78, 5) is 16.6. The van der Waals surface area contributed by atoms with Crippen molar-refractivity contribution in [3.05, 3.63) is 62.8 Å². The fraction of sp³-hybridized carbons (Fsp3) is 0.143. The highest BCUT2D eigenvalue weighted by Gasteiger charge is 2.15. The maximum absolute atomic E-state index is 12.3. The van der Waals surface area contributed by atoms with Gasteiger partial charge in [-0.3, -0.25) is 9.78 Å². The lowest BCUT2D eigenvalue weighted by molar-refractivity contribution is 0.103. The molecule has 0 aliphatic carbocycles. The summed E-state index contributed by atoms with van der Waals surface area (Å²) in [5.41, 5.74) is 1.96. The summed E-state index contributed by atoms with van der Waals surface area (Å²) >= 11 is 9.43. The summed E-state index contributed by atoms with van der Waals surface area (Å²) in [7, 11) is 0. The van der Waals surface area contributed by atoms with E-state index in [0.717, 1.165) is 16.6 Å². The molecule has 0 atom stereocenters. The maximum Gasteiger partial charge on any atom is 0.197 e. The molecule has 0 bridgehead atoms. The van der Waals surface area contributed by atoms with E-state index in [1.807, 2.05) is 13.0 Å². The quantitative estimate of drug-likeness (QED) is 0.788. The highest BCUT2D eigenvalue weighted by Crippen LogP contribution is 2.24. The highest BCUT2D eigenvalue weighted by atomic mass is 79.9. The van der Waals surface area contributed by atoms with E-state index in [-0.39, 0.29) is 5.78 Å². The van der Waals surface area contributed by atoms with Crippen LogP contribution in [0.3, 0.4) is 0 Å². The van der Waals surface area contributed by atoms with Crippen LogP contribution in [0.1, 0.15) is 28.5 Å². The minimum Gasteiger partial charge on any atom is -0.288 e. The van der Waals surface area contributed by atoms with E-state index < -0.39 is 0 Å². The molecular weight excluding hydrogens is 314 g/mol. The summed E-state index contributed by atoms with van der Waals surface area (Å²) in [6.45, 7) is 2.02. The van der Waals surface area contributed by atoms with Gasteiger partial charge in [0.1, 0.15) is 0 Å². The number of aromatic nitrogens is 1. The maximum atomic E-state index is 12.3. The number of hydrogen-bond acceptors (Lipinski definition) is 2. The van der Waals surface area contributed by atoms with Gasteiger partial charge in [-0.15, -0.1) is 0 Å². The molecular formula is C14H11BrClNO. The average molecular weight is 325 g/mol. The van der Waals surface area contributed by atoms with Gasteiger partial charge in [0.2, 0.25) is 0 Å². The van der Waals surface area contributed by atoms with Gasteiger partial charge in [-0.25, -0.2) is 0 Å². The number of aryl methyl sites for hydroxylation is 1. The predicted molar refractivity (Wildman–Crippen MR) is 76.2 cm³/mol. The fourth-order valence-electron chi connectivity index (χ4n) is 1.62. The second kappa shape index (κ2) is 5.63. The fourth-order valence-corrected chi connectivity index (χ4v) is 2.39. The van der Waals surface area contributed by atoms with Crippen molar-refractivity contribution in [2.75, 3.05) is 0 Å². The molecule has 2 rings (SSSR count). The van der Waals surface area contributed by atoms with Crippen LogP contribution < -0.4 is 0 Å². The van der Waals surface area contributed by atoms with Crippen molar-refractivity contribution in [3.63, 3.8) is 0 Å². The van der Waals surface area contributed by atoms with Gasteiger partial charge >= 0.3 is 0 Å². The van der Waals surface area contributed by atoms with Gasteiger partial charge in [0.15, 0.2) is 5.78 Å². The van der Waals surface area contributed by atoms with Crippen molar-refractivity contribution in [3.8, 4) is 0 Å². The minimum absolute atomic E-state index is 0.123. The van der Waals surface area contributed by atoms with E-state index in [4.69, 9.17) is 11.6 Å². The first-order chi connectivity index (χ1) is 8.63. The van der Waals surface area contributed by atoms with E-state index >= 15 is 0 Å². The molecule has 1 aromatic heterocycles. The summed E-state index contributed by atoms with van der Waals surface area (Å²) in [6, 6.07) is 8.87. The second-order valence-corrected chi connectivity index (χ2v) is 5.08. The smallest absolute Gasteiger partial charge is 0.197 e. The predicted octanol–water partition coefficient (Wildman–Crippen LogP) is 4.29. The Bertz CT molecular complexity index is 598. The summed E-state index contributed by atoms with van der Waals surface area (Å²) in [5.74, 6) is -0.123. The van der Waals surface area contributed by atoms with Crippen molar-refractivity contribution in [2.24, 2.45) is 0 Å². The van der Waals surface area contributed by atoms with Gasteiger partial charge < -0.3 is 0 Å². The highest BCUT2D eigenvalue weighted by molar-refractivity contribution is 9.10. The molecule has 0 unspecified atom stereocenters. The van der Waals surface area contributed by atoms with Crippen LogP contribution >= 0.6 is 27.5 Å². The number of ketones is 1. The molecule has 1 heterocycles. The van der Waals surface area contributed by atoms with Crippen LogP contribution in [0.2, 0.25) is 5.02 Å². The molecule has 4 heteroatoms. The Kier molecular flexibility index (Phi) is 4.15. The minimum atomic E-state index is -0.123. The first-order valence-electron chi connectivity index (χ1n) is 5.57. The monoisotopic (exact) mass is 323 g/mol. The summed E-state index contributed by atoms with van der Waals surface area (Å²) in [5, 5.41) is 0.453. The van der Waals surface area contributed by atoms with Crippen molar-refractivity contribution in [1.29, 1.82) is 0 Å². The Labute approximate surface area is 119 Å². The number of rotatable bonds is 3. The van der Waals surface area contributed by atoms with Gasteiger partial charge in [0.25, 0.3) is 0 Å². The standard InChI is InChI=1S/C14H11BrClNO/c1-2-9-7-12(15)11(8-17-9)14(18)10-5-3-4-6-13(10)16/h3-8H,2H2,1H3. The van der Waals surface area contributed by atoms with Crippen molar-refractivity contribution < 1.29 is 4.79 Å². The zero-order valence-corrected chi connectivity index (χ0v) is 12.1. The Balaban J connectivity index is 2.44. The molecule has 0 radical (unpaired) electrons. The summed E-state index contributed by atoms with van der Waals surface area (Å²) < 4.78 is 0.749. The first kappa shape index (κ1) is 13.2. The van der Waals surface area contributed by atoms with Crippen molar-refractivity contribution in [1.82, 2.24) is 4.98 Å². The lowest BCUT2D eigenvalue weighted by Gasteiger charge is -2.06. The molecule has 0 fully saturated rings. The third kappa shape index (κ3) is 2.62. The Morgan fingerprint density at radius 1 is 1.33 bits per heavy atom. The molecule has 2 aromatic rings. The van der Waals surface area contributed by atoms with Crippen LogP contribution in [-0.4, -0.2) is 10.8 Å². The van der Waals surface area contributed by atoms with Crippen LogP contribution in [0.4, 0.5) is 0 Å². The number of nitrogens with zero attached hydrogens (tertiary/aromatic N) is 1. The molecule has 1 aromatic carbocycles. The van der Waals surface area contributed by atoms with Gasteiger partial charge in [-0.1, -0.05) is 30.7 Å². The number of benzene rings is 1. The molecule has 0 amide bonds. The number of carbonyl (C=O) groups excluding carboxylic acids is 1. The van der Waals surface area contributed by atoms with E-state index in [2.05, 4.69) is 20.9 Å². The van der Waals surface area contributed by atoms with Crippen LogP contribution in [0, 0.1) is 0 Å².